The number of halogens is 1. The molecule has 12 nitrogen and oxygen atoms in total. The second kappa shape index (κ2) is 14.8. The number of nitrogens with zero attached hydrogens (tertiary/aromatic N) is 5. The summed E-state index contributed by atoms with van der Waals surface area (Å²) in [6.07, 6.45) is 5.44. The number of carbonyl (C=O) groups is 2. The van der Waals surface area contributed by atoms with Crippen molar-refractivity contribution in [3.8, 4) is 22.5 Å². The molecule has 2 aliphatic rings. The molecule has 0 radical (unpaired) electrons. The first-order chi connectivity index (χ1) is 22.9. The Morgan fingerprint density at radius 3 is 2.47 bits per heavy atom. The van der Waals surface area contributed by atoms with Crippen LogP contribution < -0.4 is 26.6 Å². The van der Waals surface area contributed by atoms with Crippen molar-refractivity contribution >= 4 is 23.3 Å². The molecule has 3 heterocycles. The topological polar surface area (TPSA) is 167 Å². The second-order valence-corrected chi connectivity index (χ2v) is 12.4. The molecule has 0 bridgehead atoms. The number of aryl methyl sites for hydroxylation is 1. The van der Waals surface area contributed by atoms with Crippen molar-refractivity contribution in [2.24, 2.45) is 17.6 Å². The van der Waals surface area contributed by atoms with Crippen LogP contribution in [0.4, 0.5) is 15.9 Å². The quantitative estimate of drug-likeness (QED) is 0.175. The number of rotatable bonds is 10. The van der Waals surface area contributed by atoms with Crippen molar-refractivity contribution in [3.05, 3.63) is 71.7 Å². The van der Waals surface area contributed by atoms with Gasteiger partial charge in [0, 0.05) is 56.0 Å². The summed E-state index contributed by atoms with van der Waals surface area (Å²) >= 11 is 0. The third-order valence-corrected chi connectivity index (χ3v) is 9.25. The van der Waals surface area contributed by atoms with Crippen LogP contribution in [0.25, 0.3) is 22.5 Å². The standard InChI is InChI=1S/C34H41FN10O2/c1-21-16-31(45-14-12-37-13-15-45)38-20-28(21)24-6-2-22(3-7-24)17-30(40-33(46)25-8-4-23(19-36)5-9-25)34(47)39-26-10-11-27(29(35)18-26)32-41-43-44-42-32/h2-3,6-7,10-11,16,18,20,23,25,30,37H,4-5,8-9,12-15,17,19,36H2,1H3,(H,39,47)(H,40,46)(H,41,42,43,44). The Bertz CT molecular complexity index is 1670. The summed E-state index contributed by atoms with van der Waals surface area (Å²) in [5.74, 6) is 0.147. The molecule has 47 heavy (non-hydrogen) atoms. The Morgan fingerprint density at radius 2 is 1.81 bits per heavy atom. The van der Waals surface area contributed by atoms with E-state index in [1.165, 1.54) is 12.1 Å². The lowest BCUT2D eigenvalue weighted by atomic mass is 9.81. The van der Waals surface area contributed by atoms with Gasteiger partial charge in [-0.05, 0) is 91.2 Å². The molecular weight excluding hydrogens is 599 g/mol. The molecule has 4 aromatic rings. The van der Waals surface area contributed by atoms with Crippen molar-refractivity contribution in [1.29, 1.82) is 0 Å². The van der Waals surface area contributed by atoms with E-state index in [0.717, 1.165) is 79.9 Å². The van der Waals surface area contributed by atoms with Crippen LogP contribution in [0.2, 0.25) is 0 Å². The minimum atomic E-state index is -0.873. The van der Waals surface area contributed by atoms with E-state index in [-0.39, 0.29) is 35.3 Å². The van der Waals surface area contributed by atoms with E-state index in [4.69, 9.17) is 10.7 Å². The molecule has 1 saturated heterocycles. The van der Waals surface area contributed by atoms with Crippen LogP contribution in [0, 0.1) is 24.6 Å². The van der Waals surface area contributed by atoms with Gasteiger partial charge < -0.3 is 26.6 Å². The van der Waals surface area contributed by atoms with Crippen LogP contribution in [-0.2, 0) is 16.0 Å². The highest BCUT2D eigenvalue weighted by atomic mass is 19.1. The second-order valence-electron chi connectivity index (χ2n) is 12.4. The number of carbonyl (C=O) groups excluding carboxylic acids is 2. The van der Waals surface area contributed by atoms with Crippen molar-refractivity contribution in [2.45, 2.75) is 45.1 Å². The molecule has 1 aliphatic heterocycles. The number of piperazine rings is 1. The lowest BCUT2D eigenvalue weighted by Crippen LogP contribution is -2.48. The van der Waals surface area contributed by atoms with Gasteiger partial charge >= 0.3 is 0 Å². The van der Waals surface area contributed by atoms with E-state index in [1.807, 2.05) is 30.5 Å². The molecule has 1 atom stereocenters. The van der Waals surface area contributed by atoms with Crippen LogP contribution in [0.3, 0.4) is 0 Å². The summed E-state index contributed by atoms with van der Waals surface area (Å²) in [4.78, 5) is 34.0. The van der Waals surface area contributed by atoms with Gasteiger partial charge in [-0.1, -0.05) is 24.3 Å². The highest BCUT2D eigenvalue weighted by Crippen LogP contribution is 2.29. The van der Waals surface area contributed by atoms with Crippen molar-refractivity contribution in [2.75, 3.05) is 42.9 Å². The number of nitrogens with two attached hydrogens (primary N) is 1. The van der Waals surface area contributed by atoms with Gasteiger partial charge in [-0.15, -0.1) is 10.2 Å². The van der Waals surface area contributed by atoms with E-state index >= 15 is 0 Å². The van der Waals surface area contributed by atoms with Crippen LogP contribution >= 0.6 is 0 Å². The fourth-order valence-electron chi connectivity index (χ4n) is 6.41. The van der Waals surface area contributed by atoms with Crippen molar-refractivity contribution in [3.63, 3.8) is 0 Å². The van der Waals surface area contributed by atoms with Gasteiger partial charge in [-0.3, -0.25) is 9.59 Å². The summed E-state index contributed by atoms with van der Waals surface area (Å²) < 4.78 is 14.9. The van der Waals surface area contributed by atoms with Crippen LogP contribution in [-0.4, -0.2) is 76.2 Å². The van der Waals surface area contributed by atoms with Crippen LogP contribution in [0.5, 0.6) is 0 Å². The largest absolute Gasteiger partial charge is 0.354 e. The molecule has 6 rings (SSSR count). The third-order valence-electron chi connectivity index (χ3n) is 9.25. The fraction of sp³-hybridized carbons (Fsp3) is 0.412. The number of hydrogen-bond acceptors (Lipinski definition) is 9. The number of amides is 2. The van der Waals surface area contributed by atoms with E-state index in [2.05, 4.69) is 54.5 Å². The Kier molecular flexibility index (Phi) is 10.1. The average molecular weight is 641 g/mol. The minimum absolute atomic E-state index is 0.111. The summed E-state index contributed by atoms with van der Waals surface area (Å²) in [6, 6.07) is 13.5. The zero-order valence-electron chi connectivity index (χ0n) is 26.5. The first-order valence-corrected chi connectivity index (χ1v) is 16.2. The van der Waals surface area contributed by atoms with Gasteiger partial charge in [0.2, 0.25) is 17.6 Å². The highest BCUT2D eigenvalue weighted by Gasteiger charge is 2.29. The maximum Gasteiger partial charge on any atom is 0.247 e. The van der Waals surface area contributed by atoms with Gasteiger partial charge in [0.05, 0.1) is 5.56 Å². The summed E-state index contributed by atoms with van der Waals surface area (Å²) in [7, 11) is 0. The number of H-pyrrole nitrogens is 1. The smallest absolute Gasteiger partial charge is 0.247 e. The van der Waals surface area contributed by atoms with E-state index in [0.29, 0.717) is 12.5 Å². The lowest BCUT2D eigenvalue weighted by Gasteiger charge is -2.29. The summed E-state index contributed by atoms with van der Waals surface area (Å²) in [5.41, 5.74) is 10.3. The number of tetrazole rings is 1. The van der Waals surface area contributed by atoms with Gasteiger partial charge in [0.15, 0.2) is 0 Å². The molecule has 1 unspecified atom stereocenters. The van der Waals surface area contributed by atoms with Crippen molar-refractivity contribution < 1.29 is 14.0 Å². The van der Waals surface area contributed by atoms with Crippen molar-refractivity contribution in [1.82, 2.24) is 36.2 Å². The number of anilines is 2. The normalized spacial score (nSPS) is 18.8. The Balaban J connectivity index is 1.17. The number of pyridine rings is 1. The van der Waals surface area contributed by atoms with Gasteiger partial charge in [-0.25, -0.2) is 9.37 Å². The molecule has 13 heteroatoms. The SMILES string of the molecule is Cc1cc(N2CCNCC2)ncc1-c1ccc(CC(NC(=O)C2CCC(CN)CC2)C(=O)Nc2ccc(-c3nn[nH]n3)c(F)c2)cc1. The number of benzene rings is 2. The molecule has 2 amide bonds. The molecule has 2 aromatic carbocycles. The predicted molar refractivity (Wildman–Crippen MR) is 178 cm³/mol. The van der Waals surface area contributed by atoms with E-state index in [1.54, 1.807) is 6.07 Å². The van der Waals surface area contributed by atoms with Gasteiger partial charge in [0.1, 0.15) is 17.7 Å². The number of aromatic amines is 1. The summed E-state index contributed by atoms with van der Waals surface area (Å²) in [5, 5.41) is 22.6. The maximum atomic E-state index is 14.9. The molecular formula is C34H41FN10O2. The number of nitrogens with one attached hydrogen (secondary N) is 4. The van der Waals surface area contributed by atoms with Gasteiger partial charge in [-0.2, -0.15) is 5.21 Å². The average Bonchev–Trinajstić information content (AvgIpc) is 3.64. The molecule has 2 aromatic heterocycles. The van der Waals surface area contributed by atoms with Gasteiger partial charge in [0.25, 0.3) is 0 Å². The Labute approximate surface area is 273 Å². The zero-order chi connectivity index (χ0) is 32.8. The highest BCUT2D eigenvalue weighted by molar-refractivity contribution is 5.97. The van der Waals surface area contributed by atoms with E-state index < -0.39 is 17.8 Å². The molecule has 1 aliphatic carbocycles. The number of aromatic nitrogens is 5. The van der Waals surface area contributed by atoms with E-state index in [9.17, 15) is 14.0 Å². The maximum absolute atomic E-state index is 14.9. The first-order valence-electron chi connectivity index (χ1n) is 16.2. The fourth-order valence-corrected chi connectivity index (χ4v) is 6.41. The molecule has 2 fully saturated rings. The Morgan fingerprint density at radius 1 is 1.04 bits per heavy atom. The molecule has 1 saturated carbocycles. The molecule has 246 valence electrons. The zero-order valence-corrected chi connectivity index (χ0v) is 26.5. The number of hydrogen-bond donors (Lipinski definition) is 5. The first kappa shape index (κ1) is 32.2. The molecule has 6 N–H and O–H groups in total. The van der Waals surface area contributed by atoms with Crippen LogP contribution in [0.15, 0.2) is 54.7 Å². The lowest BCUT2D eigenvalue weighted by molar-refractivity contribution is -0.130. The predicted octanol–water partition coefficient (Wildman–Crippen LogP) is 3.22. The molecule has 0 spiro atoms. The monoisotopic (exact) mass is 640 g/mol. The third kappa shape index (κ3) is 7.80. The minimum Gasteiger partial charge on any atom is -0.354 e. The summed E-state index contributed by atoms with van der Waals surface area (Å²) in [6.45, 7) is 6.47. The Hall–Kier alpha value is -4.75. The van der Waals surface area contributed by atoms with Crippen LogP contribution in [0.1, 0.15) is 36.8 Å².